The van der Waals surface area contributed by atoms with Crippen LogP contribution in [0, 0.1) is 15.9 Å². The molecule has 0 unspecified atom stereocenters. The average molecular weight is 268 g/mol. The quantitative estimate of drug-likeness (QED) is 0.635. The molecule has 0 radical (unpaired) electrons. The molecular formula is C13H17FN2O3. The number of hydrogen-bond acceptors (Lipinski definition) is 4. The van der Waals surface area contributed by atoms with E-state index in [-0.39, 0.29) is 17.8 Å². The van der Waals surface area contributed by atoms with Crippen LogP contribution in [0.1, 0.15) is 24.8 Å². The summed E-state index contributed by atoms with van der Waals surface area (Å²) in [5.41, 5.74) is 0.145. The lowest BCUT2D eigenvalue weighted by atomic mass is 9.80. The van der Waals surface area contributed by atoms with Crippen LogP contribution in [0.4, 0.5) is 10.1 Å². The summed E-state index contributed by atoms with van der Waals surface area (Å²) in [4.78, 5) is 10.4. The standard InChI is InChI=1S/C13H17FN2O3/c1-19-13(5-2-6-13)9-15-8-10-7-11(14)3-4-12(10)16(17)18/h3-4,7,15H,2,5-6,8-9H2,1H3. The molecule has 1 aliphatic carbocycles. The van der Waals surface area contributed by atoms with Crippen LogP contribution >= 0.6 is 0 Å². The van der Waals surface area contributed by atoms with Crippen LogP contribution in [0.3, 0.4) is 0 Å². The van der Waals surface area contributed by atoms with Crippen molar-refractivity contribution in [2.75, 3.05) is 13.7 Å². The fraction of sp³-hybridized carbons (Fsp3) is 0.538. The molecule has 5 nitrogen and oxygen atoms in total. The number of nitrogens with zero attached hydrogens (tertiary/aromatic N) is 1. The molecule has 1 aromatic rings. The minimum absolute atomic E-state index is 0.0611. The first-order valence-corrected chi connectivity index (χ1v) is 6.25. The number of halogens is 1. The van der Waals surface area contributed by atoms with Gasteiger partial charge < -0.3 is 10.1 Å². The van der Waals surface area contributed by atoms with Crippen molar-refractivity contribution in [1.82, 2.24) is 5.32 Å². The number of nitro benzene ring substituents is 1. The van der Waals surface area contributed by atoms with E-state index < -0.39 is 10.7 Å². The number of rotatable bonds is 6. The maximum atomic E-state index is 13.1. The van der Waals surface area contributed by atoms with Gasteiger partial charge in [-0.3, -0.25) is 10.1 Å². The Kier molecular flexibility index (Phi) is 4.11. The van der Waals surface area contributed by atoms with E-state index in [0.717, 1.165) is 25.3 Å². The van der Waals surface area contributed by atoms with Crippen LogP contribution in [-0.4, -0.2) is 24.2 Å². The molecule has 0 atom stereocenters. The van der Waals surface area contributed by atoms with Crippen LogP contribution in [-0.2, 0) is 11.3 Å². The Morgan fingerprint density at radius 1 is 1.53 bits per heavy atom. The van der Waals surface area contributed by atoms with E-state index in [1.54, 1.807) is 7.11 Å². The van der Waals surface area contributed by atoms with Gasteiger partial charge in [-0.2, -0.15) is 0 Å². The highest BCUT2D eigenvalue weighted by atomic mass is 19.1. The fourth-order valence-corrected chi connectivity index (χ4v) is 2.32. The van der Waals surface area contributed by atoms with Gasteiger partial charge >= 0.3 is 0 Å². The summed E-state index contributed by atoms with van der Waals surface area (Å²) in [6, 6.07) is 3.50. The third-order valence-corrected chi connectivity index (χ3v) is 3.70. The van der Waals surface area contributed by atoms with Crippen LogP contribution in [0.5, 0.6) is 0 Å². The molecule has 0 amide bonds. The molecule has 0 bridgehead atoms. The highest BCUT2D eigenvalue weighted by Crippen LogP contribution is 2.34. The Hall–Kier alpha value is -1.53. The molecule has 0 heterocycles. The molecule has 6 heteroatoms. The SMILES string of the molecule is COC1(CNCc2cc(F)ccc2[N+](=O)[O-])CCC1. The molecule has 0 saturated heterocycles. The lowest BCUT2D eigenvalue weighted by molar-refractivity contribution is -0.385. The molecule has 1 fully saturated rings. The summed E-state index contributed by atoms with van der Waals surface area (Å²) < 4.78 is 18.6. The summed E-state index contributed by atoms with van der Waals surface area (Å²) in [6.45, 7) is 0.885. The molecule has 104 valence electrons. The molecular weight excluding hydrogens is 251 g/mol. The summed E-state index contributed by atoms with van der Waals surface area (Å²) >= 11 is 0. The molecule has 19 heavy (non-hydrogen) atoms. The predicted octanol–water partition coefficient (Wildman–Crippen LogP) is 2.39. The zero-order valence-corrected chi connectivity index (χ0v) is 10.8. The van der Waals surface area contributed by atoms with Crippen LogP contribution in [0.25, 0.3) is 0 Å². The molecule has 1 N–H and O–H groups in total. The van der Waals surface area contributed by atoms with Crippen LogP contribution in [0.15, 0.2) is 18.2 Å². The molecule has 1 aliphatic rings. The highest BCUT2D eigenvalue weighted by molar-refractivity contribution is 5.40. The maximum absolute atomic E-state index is 13.1. The first-order chi connectivity index (χ1) is 9.06. The number of benzene rings is 1. The van der Waals surface area contributed by atoms with Gasteiger partial charge in [0.2, 0.25) is 0 Å². The lowest BCUT2D eigenvalue weighted by Crippen LogP contribution is -2.47. The van der Waals surface area contributed by atoms with Gasteiger partial charge in [0.1, 0.15) is 5.82 Å². The third-order valence-electron chi connectivity index (χ3n) is 3.70. The second kappa shape index (κ2) is 5.63. The van der Waals surface area contributed by atoms with Gasteiger partial charge in [0, 0.05) is 31.8 Å². The first kappa shape index (κ1) is 13.9. The number of nitro groups is 1. The van der Waals surface area contributed by atoms with E-state index in [1.807, 2.05) is 0 Å². The lowest BCUT2D eigenvalue weighted by Gasteiger charge is -2.40. The largest absolute Gasteiger partial charge is 0.377 e. The minimum atomic E-state index is -0.494. The van der Waals surface area contributed by atoms with Gasteiger partial charge in [-0.05, 0) is 31.4 Å². The van der Waals surface area contributed by atoms with Crippen molar-refractivity contribution in [2.24, 2.45) is 0 Å². The van der Waals surface area contributed by atoms with Crippen molar-refractivity contribution in [1.29, 1.82) is 0 Å². The second-order valence-electron chi connectivity index (χ2n) is 4.87. The van der Waals surface area contributed by atoms with E-state index in [1.165, 1.54) is 12.1 Å². The zero-order chi connectivity index (χ0) is 13.9. The average Bonchev–Trinajstić information content (AvgIpc) is 2.32. The minimum Gasteiger partial charge on any atom is -0.377 e. The van der Waals surface area contributed by atoms with E-state index in [2.05, 4.69) is 5.32 Å². The van der Waals surface area contributed by atoms with E-state index in [0.29, 0.717) is 12.1 Å². The number of hydrogen-bond donors (Lipinski definition) is 1. The number of methoxy groups -OCH3 is 1. The summed E-state index contributed by atoms with van der Waals surface area (Å²) in [6.07, 6.45) is 3.11. The first-order valence-electron chi connectivity index (χ1n) is 6.25. The van der Waals surface area contributed by atoms with E-state index in [4.69, 9.17) is 4.74 Å². The van der Waals surface area contributed by atoms with E-state index in [9.17, 15) is 14.5 Å². The third kappa shape index (κ3) is 3.08. The van der Waals surface area contributed by atoms with Gasteiger partial charge in [-0.25, -0.2) is 4.39 Å². The Morgan fingerprint density at radius 3 is 2.79 bits per heavy atom. The Balaban J connectivity index is 1.99. The van der Waals surface area contributed by atoms with Crippen LogP contribution in [0.2, 0.25) is 0 Å². The van der Waals surface area contributed by atoms with Gasteiger partial charge in [-0.15, -0.1) is 0 Å². The van der Waals surface area contributed by atoms with Gasteiger partial charge in [-0.1, -0.05) is 0 Å². The Labute approximate surface area is 110 Å². The van der Waals surface area contributed by atoms with Crippen LogP contribution < -0.4 is 5.32 Å². The monoisotopic (exact) mass is 268 g/mol. The number of ether oxygens (including phenoxy) is 1. The summed E-state index contributed by atoms with van der Waals surface area (Å²) in [5.74, 6) is -0.465. The normalized spacial score (nSPS) is 16.9. The molecule has 1 saturated carbocycles. The van der Waals surface area contributed by atoms with Gasteiger partial charge in [0.25, 0.3) is 5.69 Å². The summed E-state index contributed by atoms with van der Waals surface area (Å²) in [5, 5.41) is 14.0. The van der Waals surface area contributed by atoms with Crippen molar-refractivity contribution in [3.8, 4) is 0 Å². The van der Waals surface area contributed by atoms with Crippen molar-refractivity contribution in [3.63, 3.8) is 0 Å². The van der Waals surface area contributed by atoms with Crippen molar-refractivity contribution in [3.05, 3.63) is 39.7 Å². The molecule has 1 aromatic carbocycles. The maximum Gasteiger partial charge on any atom is 0.274 e. The Bertz CT molecular complexity index is 469. The van der Waals surface area contributed by atoms with Gasteiger partial charge in [0.15, 0.2) is 0 Å². The van der Waals surface area contributed by atoms with Crippen molar-refractivity contribution in [2.45, 2.75) is 31.4 Å². The van der Waals surface area contributed by atoms with Crippen molar-refractivity contribution < 1.29 is 14.1 Å². The van der Waals surface area contributed by atoms with Crippen molar-refractivity contribution >= 4 is 5.69 Å². The fourth-order valence-electron chi connectivity index (χ4n) is 2.32. The Morgan fingerprint density at radius 2 is 2.26 bits per heavy atom. The summed E-state index contributed by atoms with van der Waals surface area (Å²) in [7, 11) is 1.67. The predicted molar refractivity (Wildman–Crippen MR) is 68.4 cm³/mol. The number of nitrogens with one attached hydrogen (secondary N) is 1. The highest BCUT2D eigenvalue weighted by Gasteiger charge is 2.36. The zero-order valence-electron chi connectivity index (χ0n) is 10.8. The molecule has 2 rings (SSSR count). The van der Waals surface area contributed by atoms with E-state index >= 15 is 0 Å². The molecule has 0 spiro atoms. The topological polar surface area (TPSA) is 64.4 Å². The second-order valence-corrected chi connectivity index (χ2v) is 4.87. The molecule has 0 aromatic heterocycles. The smallest absolute Gasteiger partial charge is 0.274 e. The molecule has 0 aliphatic heterocycles. The van der Waals surface area contributed by atoms with Gasteiger partial charge in [0.05, 0.1) is 10.5 Å².